The van der Waals surface area contributed by atoms with Crippen LogP contribution in [0, 0.1) is 0 Å². The van der Waals surface area contributed by atoms with Gasteiger partial charge in [-0.1, -0.05) is 0 Å². The lowest BCUT2D eigenvalue weighted by molar-refractivity contribution is -0.120. The minimum absolute atomic E-state index is 0.0521. The average Bonchev–Trinajstić information content (AvgIpc) is 1.97. The molecular formula is C10H26N4. The van der Waals surface area contributed by atoms with Gasteiger partial charge in [0.25, 0.3) is 0 Å². The molecular weight excluding hydrogens is 176 g/mol. The highest BCUT2D eigenvalue weighted by molar-refractivity contribution is 4.84. The third kappa shape index (κ3) is 2.67. The van der Waals surface area contributed by atoms with E-state index in [0.717, 1.165) is 6.54 Å². The summed E-state index contributed by atoms with van der Waals surface area (Å²) >= 11 is 0. The van der Waals surface area contributed by atoms with Gasteiger partial charge in [-0.2, -0.15) is 0 Å². The molecule has 0 aromatic heterocycles. The van der Waals surface area contributed by atoms with Gasteiger partial charge >= 0.3 is 0 Å². The SMILES string of the molecule is CN(C)CC(N(C)C)(N(C)C)N(C)C. The van der Waals surface area contributed by atoms with Crippen LogP contribution in [0.15, 0.2) is 0 Å². The molecule has 0 saturated carbocycles. The predicted molar refractivity (Wildman–Crippen MR) is 62.3 cm³/mol. The van der Waals surface area contributed by atoms with Crippen molar-refractivity contribution in [2.75, 3.05) is 62.9 Å². The van der Waals surface area contributed by atoms with Crippen LogP contribution in [-0.4, -0.2) is 88.3 Å². The first-order chi connectivity index (χ1) is 6.25. The molecule has 0 aliphatic carbocycles. The summed E-state index contributed by atoms with van der Waals surface area (Å²) in [7, 11) is 16.9. The fourth-order valence-corrected chi connectivity index (χ4v) is 2.05. The third-order valence-electron chi connectivity index (χ3n) is 2.68. The molecule has 0 amide bonds. The summed E-state index contributed by atoms with van der Waals surface area (Å²) in [4.78, 5) is 8.94. The van der Waals surface area contributed by atoms with Gasteiger partial charge in [0.15, 0.2) is 0 Å². The van der Waals surface area contributed by atoms with Gasteiger partial charge in [-0.3, -0.25) is 14.7 Å². The molecule has 0 aliphatic heterocycles. The largest absolute Gasteiger partial charge is 0.305 e. The number of likely N-dealkylation sites (N-methyl/N-ethyl adjacent to an activating group) is 4. The minimum Gasteiger partial charge on any atom is -0.305 e. The second-order valence-electron chi connectivity index (χ2n) is 4.70. The zero-order valence-corrected chi connectivity index (χ0v) is 11.0. The Balaban J connectivity index is 4.95. The summed E-state index contributed by atoms with van der Waals surface area (Å²) < 4.78 is 0. The summed E-state index contributed by atoms with van der Waals surface area (Å²) in [6, 6.07) is 0. The van der Waals surface area contributed by atoms with E-state index in [1.54, 1.807) is 0 Å². The topological polar surface area (TPSA) is 13.0 Å². The maximum absolute atomic E-state index is 2.24. The first-order valence-corrected chi connectivity index (χ1v) is 4.92. The fourth-order valence-electron chi connectivity index (χ4n) is 2.05. The normalized spacial score (nSPS) is 13.7. The Morgan fingerprint density at radius 1 is 0.643 bits per heavy atom. The van der Waals surface area contributed by atoms with Crippen LogP contribution < -0.4 is 0 Å². The van der Waals surface area contributed by atoms with E-state index in [-0.39, 0.29) is 5.79 Å². The van der Waals surface area contributed by atoms with Crippen LogP contribution in [0.5, 0.6) is 0 Å². The second-order valence-corrected chi connectivity index (χ2v) is 4.70. The summed E-state index contributed by atoms with van der Waals surface area (Å²) in [6.07, 6.45) is 0. The predicted octanol–water partition coefficient (Wildman–Crippen LogP) is -0.113. The highest BCUT2D eigenvalue weighted by Crippen LogP contribution is 2.18. The number of nitrogens with zero attached hydrogens (tertiary/aromatic N) is 4. The van der Waals surface area contributed by atoms with Crippen LogP contribution in [0.1, 0.15) is 0 Å². The van der Waals surface area contributed by atoms with Crippen molar-refractivity contribution >= 4 is 0 Å². The van der Waals surface area contributed by atoms with Gasteiger partial charge in [0.2, 0.25) is 0 Å². The molecule has 86 valence electrons. The van der Waals surface area contributed by atoms with Crippen molar-refractivity contribution in [1.29, 1.82) is 0 Å². The van der Waals surface area contributed by atoms with Crippen LogP contribution >= 0.6 is 0 Å². The van der Waals surface area contributed by atoms with Gasteiger partial charge in [0.1, 0.15) is 5.79 Å². The Labute approximate surface area is 89.1 Å². The van der Waals surface area contributed by atoms with Gasteiger partial charge < -0.3 is 4.90 Å². The molecule has 14 heavy (non-hydrogen) atoms. The Morgan fingerprint density at radius 3 is 1.00 bits per heavy atom. The smallest absolute Gasteiger partial charge is 0.142 e. The molecule has 0 saturated heterocycles. The summed E-state index contributed by atoms with van der Waals surface area (Å²) in [6.45, 7) is 0.972. The molecule has 0 aromatic carbocycles. The summed E-state index contributed by atoms with van der Waals surface area (Å²) in [5.41, 5.74) is 0. The lowest BCUT2D eigenvalue weighted by Crippen LogP contribution is -2.68. The van der Waals surface area contributed by atoms with Gasteiger partial charge in [-0.05, 0) is 56.4 Å². The van der Waals surface area contributed by atoms with E-state index in [4.69, 9.17) is 0 Å². The van der Waals surface area contributed by atoms with E-state index in [9.17, 15) is 0 Å². The molecule has 0 heterocycles. The van der Waals surface area contributed by atoms with Crippen molar-refractivity contribution in [3.63, 3.8) is 0 Å². The summed E-state index contributed by atoms with van der Waals surface area (Å²) in [5, 5.41) is 0. The molecule has 0 aromatic rings. The zero-order chi connectivity index (χ0) is 11.5. The monoisotopic (exact) mass is 202 g/mol. The van der Waals surface area contributed by atoms with Crippen LogP contribution in [0.25, 0.3) is 0 Å². The lowest BCUT2D eigenvalue weighted by atomic mass is 10.2. The number of rotatable bonds is 5. The minimum atomic E-state index is -0.0521. The molecule has 0 N–H and O–H groups in total. The van der Waals surface area contributed by atoms with Crippen LogP contribution in [0.4, 0.5) is 0 Å². The standard InChI is InChI=1S/C10H26N4/c1-11(2)9-10(12(3)4,13(5)6)14(7)8/h9H2,1-8H3. The van der Waals surface area contributed by atoms with E-state index in [1.165, 1.54) is 0 Å². The average molecular weight is 202 g/mol. The van der Waals surface area contributed by atoms with Crippen LogP contribution in [0.3, 0.4) is 0 Å². The van der Waals surface area contributed by atoms with Crippen molar-refractivity contribution in [3.05, 3.63) is 0 Å². The Morgan fingerprint density at radius 2 is 0.929 bits per heavy atom. The Hall–Kier alpha value is -0.160. The molecule has 0 radical (unpaired) electrons. The van der Waals surface area contributed by atoms with Crippen LogP contribution in [-0.2, 0) is 0 Å². The molecule has 0 fully saturated rings. The van der Waals surface area contributed by atoms with E-state index in [0.29, 0.717) is 0 Å². The second kappa shape index (κ2) is 5.07. The Kier molecular flexibility index (Phi) is 5.01. The van der Waals surface area contributed by atoms with E-state index < -0.39 is 0 Å². The molecule has 0 unspecified atom stereocenters. The highest BCUT2D eigenvalue weighted by Gasteiger charge is 2.37. The van der Waals surface area contributed by atoms with Crippen molar-refractivity contribution in [1.82, 2.24) is 19.6 Å². The number of hydrogen-bond acceptors (Lipinski definition) is 4. The maximum atomic E-state index is 2.24. The number of hydrogen-bond donors (Lipinski definition) is 0. The lowest BCUT2D eigenvalue weighted by Gasteiger charge is -2.50. The van der Waals surface area contributed by atoms with Gasteiger partial charge in [0, 0.05) is 6.54 Å². The third-order valence-corrected chi connectivity index (χ3v) is 2.68. The summed E-state index contributed by atoms with van der Waals surface area (Å²) in [5.74, 6) is -0.0521. The van der Waals surface area contributed by atoms with Crippen molar-refractivity contribution in [2.24, 2.45) is 0 Å². The molecule has 0 spiro atoms. The quantitative estimate of drug-likeness (QED) is 0.577. The van der Waals surface area contributed by atoms with E-state index >= 15 is 0 Å². The van der Waals surface area contributed by atoms with E-state index in [1.807, 2.05) is 0 Å². The van der Waals surface area contributed by atoms with Crippen molar-refractivity contribution in [2.45, 2.75) is 5.79 Å². The molecule has 0 atom stereocenters. The van der Waals surface area contributed by atoms with Crippen molar-refractivity contribution < 1.29 is 0 Å². The Bertz CT molecular complexity index is 142. The van der Waals surface area contributed by atoms with Crippen LogP contribution in [0.2, 0.25) is 0 Å². The van der Waals surface area contributed by atoms with Crippen molar-refractivity contribution in [3.8, 4) is 0 Å². The van der Waals surface area contributed by atoms with Gasteiger partial charge in [0.05, 0.1) is 0 Å². The molecule has 4 nitrogen and oxygen atoms in total. The fraction of sp³-hybridized carbons (Fsp3) is 1.00. The van der Waals surface area contributed by atoms with E-state index in [2.05, 4.69) is 76.0 Å². The first-order valence-electron chi connectivity index (χ1n) is 4.92. The van der Waals surface area contributed by atoms with Gasteiger partial charge in [-0.15, -0.1) is 0 Å². The first kappa shape index (κ1) is 13.8. The molecule has 0 rings (SSSR count). The molecule has 0 bridgehead atoms. The zero-order valence-electron chi connectivity index (χ0n) is 11.0. The molecule has 4 heteroatoms. The highest BCUT2D eigenvalue weighted by atomic mass is 15.5. The molecule has 0 aliphatic rings. The maximum Gasteiger partial charge on any atom is 0.142 e. The van der Waals surface area contributed by atoms with Gasteiger partial charge in [-0.25, -0.2) is 0 Å².